The van der Waals surface area contributed by atoms with Gasteiger partial charge in [-0.15, -0.1) is 0 Å². The van der Waals surface area contributed by atoms with Gasteiger partial charge >= 0.3 is 6.03 Å². The van der Waals surface area contributed by atoms with Gasteiger partial charge in [-0.2, -0.15) is 9.78 Å². The monoisotopic (exact) mass is 265 g/mol. The molecule has 2 aromatic rings. The second kappa shape index (κ2) is 4.59. The summed E-state index contributed by atoms with van der Waals surface area (Å²) in [4.78, 5) is 14.1. The van der Waals surface area contributed by atoms with E-state index in [9.17, 15) is 4.79 Å². The SMILES string of the molecule is O=C(N1CCOCC1)n1nc(Cl)c2ccccc21. The van der Waals surface area contributed by atoms with Crippen molar-refractivity contribution >= 4 is 28.5 Å². The Labute approximate surface area is 109 Å². The maximum atomic E-state index is 12.3. The molecule has 1 aliphatic rings. The number of amides is 1. The van der Waals surface area contributed by atoms with Gasteiger partial charge in [0, 0.05) is 18.5 Å². The number of hydrogen-bond donors (Lipinski definition) is 0. The Bertz CT molecular complexity index is 590. The fourth-order valence-corrected chi connectivity index (χ4v) is 2.30. The fraction of sp³-hybridized carbons (Fsp3) is 0.333. The Morgan fingerprint density at radius 2 is 2.00 bits per heavy atom. The Morgan fingerprint density at radius 3 is 2.78 bits per heavy atom. The normalized spacial score (nSPS) is 16.2. The number of rotatable bonds is 0. The standard InChI is InChI=1S/C12H12ClN3O2/c13-11-9-3-1-2-4-10(9)16(14-11)12(17)15-5-7-18-8-6-15/h1-4H,5-8H2. The highest BCUT2D eigenvalue weighted by Gasteiger charge is 2.21. The topological polar surface area (TPSA) is 47.4 Å². The van der Waals surface area contributed by atoms with E-state index in [2.05, 4.69) is 5.10 Å². The van der Waals surface area contributed by atoms with Crippen molar-refractivity contribution in [1.82, 2.24) is 14.7 Å². The number of hydrogen-bond acceptors (Lipinski definition) is 3. The first-order chi connectivity index (χ1) is 8.77. The quantitative estimate of drug-likeness (QED) is 0.732. The summed E-state index contributed by atoms with van der Waals surface area (Å²) in [7, 11) is 0. The molecule has 0 spiro atoms. The van der Waals surface area contributed by atoms with Crippen molar-refractivity contribution in [3.8, 4) is 0 Å². The lowest BCUT2D eigenvalue weighted by Gasteiger charge is -2.26. The number of aromatic nitrogens is 2. The lowest BCUT2D eigenvalue weighted by Crippen LogP contribution is -2.43. The molecule has 2 heterocycles. The molecule has 94 valence electrons. The third-order valence-electron chi connectivity index (χ3n) is 3.01. The molecule has 0 N–H and O–H groups in total. The molecule has 0 aliphatic carbocycles. The smallest absolute Gasteiger partial charge is 0.345 e. The highest BCUT2D eigenvalue weighted by molar-refractivity contribution is 6.34. The van der Waals surface area contributed by atoms with Crippen molar-refractivity contribution in [2.75, 3.05) is 26.3 Å². The summed E-state index contributed by atoms with van der Waals surface area (Å²) in [5.74, 6) is 0. The Morgan fingerprint density at radius 1 is 1.28 bits per heavy atom. The molecule has 0 unspecified atom stereocenters. The van der Waals surface area contributed by atoms with Gasteiger partial charge in [0.25, 0.3) is 0 Å². The molecule has 1 aromatic carbocycles. The average Bonchev–Trinajstić information content (AvgIpc) is 2.77. The summed E-state index contributed by atoms with van der Waals surface area (Å²) in [6, 6.07) is 7.28. The van der Waals surface area contributed by atoms with E-state index >= 15 is 0 Å². The first-order valence-electron chi connectivity index (χ1n) is 5.77. The van der Waals surface area contributed by atoms with Gasteiger partial charge in [-0.3, -0.25) is 0 Å². The van der Waals surface area contributed by atoms with Gasteiger partial charge in [-0.1, -0.05) is 23.7 Å². The molecule has 1 fully saturated rings. The van der Waals surface area contributed by atoms with Crippen LogP contribution in [-0.4, -0.2) is 47.0 Å². The lowest BCUT2D eigenvalue weighted by molar-refractivity contribution is 0.0531. The Kier molecular flexibility index (Phi) is 2.93. The van der Waals surface area contributed by atoms with Crippen LogP contribution < -0.4 is 0 Å². The van der Waals surface area contributed by atoms with Crippen LogP contribution in [0.2, 0.25) is 5.15 Å². The molecule has 1 aromatic heterocycles. The first kappa shape index (κ1) is 11.5. The minimum absolute atomic E-state index is 0.151. The zero-order valence-electron chi connectivity index (χ0n) is 9.67. The maximum absolute atomic E-state index is 12.3. The number of benzene rings is 1. The highest BCUT2D eigenvalue weighted by Crippen LogP contribution is 2.22. The fourth-order valence-electron chi connectivity index (χ4n) is 2.06. The average molecular weight is 266 g/mol. The predicted octanol–water partition coefficient (Wildman–Crippen LogP) is 1.99. The van der Waals surface area contributed by atoms with Crippen LogP contribution in [0.25, 0.3) is 10.9 Å². The van der Waals surface area contributed by atoms with Crippen LogP contribution in [0, 0.1) is 0 Å². The highest BCUT2D eigenvalue weighted by atomic mass is 35.5. The van der Waals surface area contributed by atoms with Crippen molar-refractivity contribution in [2.24, 2.45) is 0 Å². The molecular formula is C12H12ClN3O2. The van der Waals surface area contributed by atoms with Gasteiger partial charge < -0.3 is 9.64 Å². The molecule has 3 rings (SSSR count). The van der Waals surface area contributed by atoms with E-state index in [1.165, 1.54) is 4.68 Å². The number of carbonyl (C=O) groups excluding carboxylic acids is 1. The molecular weight excluding hydrogens is 254 g/mol. The molecule has 0 atom stereocenters. The van der Waals surface area contributed by atoms with E-state index in [4.69, 9.17) is 16.3 Å². The summed E-state index contributed by atoms with van der Waals surface area (Å²) < 4.78 is 6.59. The number of carbonyl (C=O) groups is 1. The second-order valence-electron chi connectivity index (χ2n) is 4.10. The van der Waals surface area contributed by atoms with E-state index in [1.807, 2.05) is 24.3 Å². The van der Waals surface area contributed by atoms with Crippen molar-refractivity contribution < 1.29 is 9.53 Å². The summed E-state index contributed by atoms with van der Waals surface area (Å²) >= 11 is 6.03. The first-order valence-corrected chi connectivity index (χ1v) is 6.15. The summed E-state index contributed by atoms with van der Waals surface area (Å²) in [5.41, 5.74) is 0.735. The van der Waals surface area contributed by atoms with Gasteiger partial charge in [0.05, 0.1) is 18.7 Å². The second-order valence-corrected chi connectivity index (χ2v) is 4.46. The number of fused-ring (bicyclic) bond motifs is 1. The predicted molar refractivity (Wildman–Crippen MR) is 67.9 cm³/mol. The maximum Gasteiger partial charge on any atom is 0.345 e. The largest absolute Gasteiger partial charge is 0.378 e. The Hall–Kier alpha value is -1.59. The van der Waals surface area contributed by atoms with E-state index < -0.39 is 0 Å². The molecule has 0 saturated carbocycles. The molecule has 0 radical (unpaired) electrons. The van der Waals surface area contributed by atoms with Crippen molar-refractivity contribution in [3.63, 3.8) is 0 Å². The Balaban J connectivity index is 2.00. The molecule has 1 aliphatic heterocycles. The third kappa shape index (κ3) is 1.85. The summed E-state index contributed by atoms with van der Waals surface area (Å²) in [5, 5.41) is 5.26. The minimum atomic E-state index is -0.151. The van der Waals surface area contributed by atoms with Crippen LogP contribution in [0.4, 0.5) is 4.79 Å². The van der Waals surface area contributed by atoms with Gasteiger partial charge in [0.2, 0.25) is 0 Å². The summed E-state index contributed by atoms with van der Waals surface area (Å²) in [6.45, 7) is 2.31. The lowest BCUT2D eigenvalue weighted by atomic mass is 10.2. The molecule has 1 saturated heterocycles. The number of ether oxygens (including phenoxy) is 1. The van der Waals surface area contributed by atoms with Crippen molar-refractivity contribution in [3.05, 3.63) is 29.4 Å². The molecule has 1 amide bonds. The third-order valence-corrected chi connectivity index (χ3v) is 3.28. The molecule has 5 nitrogen and oxygen atoms in total. The number of nitrogens with zero attached hydrogens (tertiary/aromatic N) is 3. The van der Waals surface area contributed by atoms with Gasteiger partial charge in [0.15, 0.2) is 5.15 Å². The van der Waals surface area contributed by atoms with Crippen molar-refractivity contribution in [2.45, 2.75) is 0 Å². The van der Waals surface area contributed by atoms with Crippen molar-refractivity contribution in [1.29, 1.82) is 0 Å². The van der Waals surface area contributed by atoms with E-state index in [-0.39, 0.29) is 6.03 Å². The summed E-state index contributed by atoms with van der Waals surface area (Å²) in [6.07, 6.45) is 0. The van der Waals surface area contributed by atoms with Crippen LogP contribution in [0.1, 0.15) is 0 Å². The van der Waals surface area contributed by atoms with Gasteiger partial charge in [-0.05, 0) is 12.1 Å². The van der Waals surface area contributed by atoms with E-state index in [0.717, 1.165) is 10.9 Å². The number of para-hydroxylation sites is 1. The number of morpholine rings is 1. The number of halogens is 1. The zero-order chi connectivity index (χ0) is 12.5. The molecule has 18 heavy (non-hydrogen) atoms. The van der Waals surface area contributed by atoms with E-state index in [1.54, 1.807) is 4.90 Å². The van der Waals surface area contributed by atoms with Gasteiger partial charge in [-0.25, -0.2) is 4.79 Å². The van der Waals surface area contributed by atoms with Crippen LogP contribution >= 0.6 is 11.6 Å². The zero-order valence-corrected chi connectivity index (χ0v) is 10.4. The van der Waals surface area contributed by atoms with Crippen LogP contribution in [0.5, 0.6) is 0 Å². The van der Waals surface area contributed by atoms with Crippen LogP contribution in [0.15, 0.2) is 24.3 Å². The van der Waals surface area contributed by atoms with E-state index in [0.29, 0.717) is 31.5 Å². The molecule has 0 bridgehead atoms. The van der Waals surface area contributed by atoms with Gasteiger partial charge in [0.1, 0.15) is 0 Å². The van der Waals surface area contributed by atoms with Crippen LogP contribution in [-0.2, 0) is 4.74 Å². The molecule has 6 heteroatoms. The minimum Gasteiger partial charge on any atom is -0.378 e. The van der Waals surface area contributed by atoms with Crippen LogP contribution in [0.3, 0.4) is 0 Å².